The second-order valence-corrected chi connectivity index (χ2v) is 6.43. The fourth-order valence-corrected chi connectivity index (χ4v) is 3.26. The van der Waals surface area contributed by atoms with Gasteiger partial charge in [0.2, 0.25) is 0 Å². The fourth-order valence-electron chi connectivity index (χ4n) is 3.26. The highest BCUT2D eigenvalue weighted by molar-refractivity contribution is 5.72. The molecule has 0 aromatic carbocycles. The first kappa shape index (κ1) is 13.2. The minimum absolute atomic E-state index is 0.0419. The van der Waals surface area contributed by atoms with Crippen molar-refractivity contribution >= 4 is 12.1 Å². The summed E-state index contributed by atoms with van der Waals surface area (Å²) >= 11 is 0. The molecule has 102 valence electrons. The first-order valence-corrected chi connectivity index (χ1v) is 6.48. The minimum Gasteiger partial charge on any atom is -0.481 e. The van der Waals surface area contributed by atoms with Gasteiger partial charge in [-0.1, -0.05) is 0 Å². The van der Waals surface area contributed by atoms with Crippen molar-refractivity contribution in [2.75, 3.05) is 0 Å². The van der Waals surface area contributed by atoms with Crippen LogP contribution in [-0.2, 0) is 9.53 Å². The van der Waals surface area contributed by atoms with Crippen molar-refractivity contribution in [1.29, 1.82) is 0 Å². The van der Waals surface area contributed by atoms with E-state index in [1.807, 2.05) is 20.8 Å². The molecule has 1 amide bonds. The summed E-state index contributed by atoms with van der Waals surface area (Å²) in [6.07, 6.45) is 2.11. The number of alkyl carbamates (subject to hydrolysis) is 1. The number of nitrogens with one attached hydrogen (secondary N) is 1. The van der Waals surface area contributed by atoms with Gasteiger partial charge in [0, 0.05) is 6.04 Å². The molecule has 4 atom stereocenters. The van der Waals surface area contributed by atoms with Crippen molar-refractivity contribution in [1.82, 2.24) is 5.32 Å². The zero-order valence-electron chi connectivity index (χ0n) is 11.1. The van der Waals surface area contributed by atoms with E-state index in [0.29, 0.717) is 5.92 Å². The molecule has 0 saturated heterocycles. The molecule has 2 bridgehead atoms. The molecule has 0 aliphatic heterocycles. The smallest absolute Gasteiger partial charge is 0.407 e. The monoisotopic (exact) mass is 255 g/mol. The number of ether oxygens (including phenoxy) is 1. The van der Waals surface area contributed by atoms with Gasteiger partial charge in [0.1, 0.15) is 5.60 Å². The highest BCUT2D eigenvalue weighted by atomic mass is 16.6. The number of aliphatic carboxylic acids is 1. The van der Waals surface area contributed by atoms with Crippen LogP contribution in [0.4, 0.5) is 4.79 Å². The van der Waals surface area contributed by atoms with Crippen molar-refractivity contribution in [2.45, 2.75) is 51.7 Å². The number of carbonyl (C=O) groups is 2. The molecule has 2 N–H and O–H groups in total. The van der Waals surface area contributed by atoms with E-state index < -0.39 is 17.7 Å². The summed E-state index contributed by atoms with van der Waals surface area (Å²) in [6, 6.07) is -0.0419. The topological polar surface area (TPSA) is 75.6 Å². The van der Waals surface area contributed by atoms with E-state index in [0.717, 1.165) is 19.3 Å². The molecule has 18 heavy (non-hydrogen) atoms. The minimum atomic E-state index is -0.738. The summed E-state index contributed by atoms with van der Waals surface area (Å²) in [6.45, 7) is 5.44. The molecule has 2 saturated carbocycles. The standard InChI is InChI=1S/C13H21NO4/c1-13(2,3)18-12(17)14-10-6-7-4-8(10)9(5-7)11(15)16/h7-10H,4-6H2,1-3H3,(H,14,17)(H,15,16)/t7-,8-,9+,10-/m1/s1. The van der Waals surface area contributed by atoms with Crippen molar-refractivity contribution in [3.63, 3.8) is 0 Å². The molecule has 0 spiro atoms. The van der Waals surface area contributed by atoms with E-state index >= 15 is 0 Å². The number of fused-ring (bicyclic) bond motifs is 2. The molecule has 5 heteroatoms. The van der Waals surface area contributed by atoms with E-state index in [2.05, 4.69) is 5.32 Å². The third-order valence-electron chi connectivity index (χ3n) is 3.83. The molecule has 0 unspecified atom stereocenters. The van der Waals surface area contributed by atoms with E-state index in [9.17, 15) is 9.59 Å². The van der Waals surface area contributed by atoms with Gasteiger partial charge < -0.3 is 15.2 Å². The number of amides is 1. The summed E-state index contributed by atoms with van der Waals surface area (Å²) in [5, 5.41) is 12.0. The second kappa shape index (κ2) is 4.44. The largest absolute Gasteiger partial charge is 0.481 e. The van der Waals surface area contributed by atoms with Crippen LogP contribution in [0.3, 0.4) is 0 Å². The maximum Gasteiger partial charge on any atom is 0.407 e. The van der Waals surface area contributed by atoms with Crippen LogP contribution in [0.15, 0.2) is 0 Å². The van der Waals surface area contributed by atoms with Gasteiger partial charge in [0.15, 0.2) is 0 Å². The number of carboxylic acid groups (broad SMARTS) is 1. The van der Waals surface area contributed by atoms with E-state index in [-0.39, 0.29) is 17.9 Å². The highest BCUT2D eigenvalue weighted by Gasteiger charge is 2.49. The van der Waals surface area contributed by atoms with Crippen molar-refractivity contribution in [3.05, 3.63) is 0 Å². The number of carbonyl (C=O) groups excluding carboxylic acids is 1. The van der Waals surface area contributed by atoms with Gasteiger partial charge in [-0.05, 0) is 51.9 Å². The summed E-state index contributed by atoms with van der Waals surface area (Å²) in [5.41, 5.74) is -0.520. The van der Waals surface area contributed by atoms with Gasteiger partial charge in [-0.25, -0.2) is 4.79 Å². The summed E-state index contributed by atoms with van der Waals surface area (Å²) in [5.74, 6) is -0.530. The molecule has 2 rings (SSSR count). The van der Waals surface area contributed by atoms with Crippen LogP contribution in [0.2, 0.25) is 0 Å². The lowest BCUT2D eigenvalue weighted by atomic mass is 9.85. The second-order valence-electron chi connectivity index (χ2n) is 6.43. The number of hydrogen-bond acceptors (Lipinski definition) is 3. The van der Waals surface area contributed by atoms with Crippen LogP contribution in [0.1, 0.15) is 40.0 Å². The lowest BCUT2D eigenvalue weighted by Gasteiger charge is -2.29. The first-order chi connectivity index (χ1) is 8.26. The first-order valence-electron chi connectivity index (χ1n) is 6.48. The Morgan fingerprint density at radius 3 is 2.39 bits per heavy atom. The van der Waals surface area contributed by atoms with Crippen molar-refractivity contribution < 1.29 is 19.4 Å². The van der Waals surface area contributed by atoms with Gasteiger partial charge in [-0.2, -0.15) is 0 Å². The maximum absolute atomic E-state index is 11.7. The Kier molecular flexibility index (Phi) is 3.25. The Bertz CT molecular complexity index is 360. The van der Waals surface area contributed by atoms with E-state index in [1.54, 1.807) is 0 Å². The molecule has 2 fully saturated rings. The molecule has 0 heterocycles. The Hall–Kier alpha value is -1.26. The van der Waals surface area contributed by atoms with E-state index in [4.69, 9.17) is 9.84 Å². The van der Waals surface area contributed by atoms with E-state index in [1.165, 1.54) is 0 Å². The fraction of sp³-hybridized carbons (Fsp3) is 0.846. The van der Waals surface area contributed by atoms with Gasteiger partial charge in [0.25, 0.3) is 0 Å². The lowest BCUT2D eigenvalue weighted by Crippen LogP contribution is -2.44. The number of rotatable bonds is 2. The zero-order valence-corrected chi connectivity index (χ0v) is 11.1. The van der Waals surface area contributed by atoms with Gasteiger partial charge in [-0.3, -0.25) is 4.79 Å². The van der Waals surface area contributed by atoms with Crippen LogP contribution in [0.5, 0.6) is 0 Å². The van der Waals surface area contributed by atoms with Crippen LogP contribution >= 0.6 is 0 Å². The summed E-state index contributed by atoms with van der Waals surface area (Å²) in [4.78, 5) is 22.8. The maximum atomic E-state index is 11.7. The Morgan fingerprint density at radius 1 is 1.22 bits per heavy atom. The Labute approximate surface area is 107 Å². The third kappa shape index (κ3) is 2.76. The van der Waals surface area contributed by atoms with Gasteiger partial charge >= 0.3 is 12.1 Å². The molecule has 0 aromatic rings. The molecule has 0 radical (unpaired) electrons. The van der Waals surface area contributed by atoms with Crippen molar-refractivity contribution in [2.24, 2.45) is 17.8 Å². The zero-order chi connectivity index (χ0) is 13.5. The highest BCUT2D eigenvalue weighted by Crippen LogP contribution is 2.48. The van der Waals surface area contributed by atoms with Crippen LogP contribution in [-0.4, -0.2) is 28.8 Å². The van der Waals surface area contributed by atoms with Crippen LogP contribution in [0.25, 0.3) is 0 Å². The van der Waals surface area contributed by atoms with Crippen LogP contribution < -0.4 is 5.32 Å². The molecule has 2 aliphatic carbocycles. The third-order valence-corrected chi connectivity index (χ3v) is 3.83. The average molecular weight is 255 g/mol. The predicted molar refractivity (Wildman–Crippen MR) is 65.1 cm³/mol. The number of carboxylic acids is 1. The SMILES string of the molecule is CC(C)(C)OC(=O)N[C@@H]1C[C@@H]2C[C@@H]1[C@@H](C(=O)O)C2. The molecule has 2 aliphatic rings. The summed E-state index contributed by atoms with van der Waals surface area (Å²) < 4.78 is 5.21. The Balaban J connectivity index is 1.92. The van der Waals surface area contributed by atoms with Crippen LogP contribution in [0, 0.1) is 17.8 Å². The Morgan fingerprint density at radius 2 is 1.89 bits per heavy atom. The van der Waals surface area contributed by atoms with Crippen molar-refractivity contribution in [3.8, 4) is 0 Å². The molecule has 5 nitrogen and oxygen atoms in total. The van der Waals surface area contributed by atoms with Gasteiger partial charge in [0.05, 0.1) is 5.92 Å². The van der Waals surface area contributed by atoms with Gasteiger partial charge in [-0.15, -0.1) is 0 Å². The summed E-state index contributed by atoms with van der Waals surface area (Å²) in [7, 11) is 0. The molecular weight excluding hydrogens is 234 g/mol. The average Bonchev–Trinajstić information content (AvgIpc) is 2.72. The normalized spacial score (nSPS) is 34.4. The molecular formula is C13H21NO4. The number of hydrogen-bond donors (Lipinski definition) is 2. The molecule has 0 aromatic heterocycles. The predicted octanol–water partition coefficient (Wildman–Crippen LogP) is 2.01. The lowest BCUT2D eigenvalue weighted by molar-refractivity contribution is -0.143. The quantitative estimate of drug-likeness (QED) is 0.791.